The summed E-state index contributed by atoms with van der Waals surface area (Å²) in [5.41, 5.74) is 5.97. The second kappa shape index (κ2) is 5.44. The second-order valence-electron chi connectivity index (χ2n) is 4.56. The zero-order valence-corrected chi connectivity index (χ0v) is 9.98. The Labute approximate surface area is 105 Å². The highest BCUT2D eigenvalue weighted by Crippen LogP contribution is 2.21. The fourth-order valence-corrected chi connectivity index (χ4v) is 2.09. The van der Waals surface area contributed by atoms with Crippen LogP contribution in [0.1, 0.15) is 35.2 Å². The highest BCUT2D eigenvalue weighted by molar-refractivity contribution is 5.94. The summed E-state index contributed by atoms with van der Waals surface area (Å²) in [4.78, 5) is 13.8. The van der Waals surface area contributed by atoms with Gasteiger partial charge in [-0.25, -0.2) is 8.78 Å². The average molecular weight is 254 g/mol. The van der Waals surface area contributed by atoms with Crippen molar-refractivity contribution in [1.82, 2.24) is 4.90 Å². The van der Waals surface area contributed by atoms with Crippen molar-refractivity contribution >= 4 is 5.91 Å². The molecule has 0 aliphatic carbocycles. The van der Waals surface area contributed by atoms with E-state index in [2.05, 4.69) is 0 Å². The van der Waals surface area contributed by atoms with Gasteiger partial charge < -0.3 is 10.6 Å². The van der Waals surface area contributed by atoms with Crippen molar-refractivity contribution in [2.45, 2.75) is 25.3 Å². The van der Waals surface area contributed by atoms with Gasteiger partial charge in [0.2, 0.25) is 0 Å². The molecule has 0 atom stereocenters. The number of amides is 1. The van der Waals surface area contributed by atoms with Gasteiger partial charge in [-0.15, -0.1) is 0 Å². The van der Waals surface area contributed by atoms with Gasteiger partial charge >= 0.3 is 0 Å². The molecule has 2 rings (SSSR count). The third-order valence-corrected chi connectivity index (χ3v) is 3.21. The quantitative estimate of drug-likeness (QED) is 0.879. The van der Waals surface area contributed by atoms with E-state index in [0.29, 0.717) is 18.7 Å². The molecule has 0 spiro atoms. The van der Waals surface area contributed by atoms with Crippen molar-refractivity contribution < 1.29 is 13.6 Å². The molecule has 5 heteroatoms. The van der Waals surface area contributed by atoms with Crippen LogP contribution in [-0.2, 0) is 0 Å². The lowest BCUT2D eigenvalue weighted by atomic mass is 10.0. The van der Waals surface area contributed by atoms with E-state index < -0.39 is 6.43 Å². The van der Waals surface area contributed by atoms with E-state index in [1.165, 1.54) is 18.2 Å². The Morgan fingerprint density at radius 3 is 2.61 bits per heavy atom. The number of halogens is 2. The Morgan fingerprint density at radius 2 is 2.00 bits per heavy atom. The number of hydrogen-bond acceptors (Lipinski definition) is 2. The number of carbonyl (C=O) groups excluding carboxylic acids is 1. The zero-order chi connectivity index (χ0) is 13.1. The molecule has 2 N–H and O–H groups in total. The Kier molecular flexibility index (Phi) is 3.91. The van der Waals surface area contributed by atoms with Crippen molar-refractivity contribution in [3.63, 3.8) is 0 Å². The number of piperidine rings is 1. The van der Waals surface area contributed by atoms with Gasteiger partial charge in [-0.3, -0.25) is 4.79 Å². The molecule has 0 aromatic heterocycles. The summed E-state index contributed by atoms with van der Waals surface area (Å²) in [6, 6.07) is 5.80. The molecular weight excluding hydrogens is 238 g/mol. The first-order valence-electron chi connectivity index (χ1n) is 6.01. The van der Waals surface area contributed by atoms with Crippen LogP contribution in [0, 0.1) is 0 Å². The summed E-state index contributed by atoms with van der Waals surface area (Å²) < 4.78 is 25.1. The number of rotatable bonds is 2. The number of carbonyl (C=O) groups is 1. The number of benzene rings is 1. The largest absolute Gasteiger partial charge is 0.339 e. The molecule has 18 heavy (non-hydrogen) atoms. The third-order valence-electron chi connectivity index (χ3n) is 3.21. The monoisotopic (exact) mass is 254 g/mol. The maximum Gasteiger partial charge on any atom is 0.263 e. The van der Waals surface area contributed by atoms with Gasteiger partial charge in [-0.2, -0.15) is 0 Å². The Bertz CT molecular complexity index is 429. The van der Waals surface area contributed by atoms with Crippen LogP contribution in [0.4, 0.5) is 8.78 Å². The first-order chi connectivity index (χ1) is 8.58. The van der Waals surface area contributed by atoms with E-state index in [1.807, 2.05) is 0 Å². The number of nitrogens with two attached hydrogens (primary N) is 1. The molecule has 1 saturated heterocycles. The van der Waals surface area contributed by atoms with Gasteiger partial charge in [-0.05, 0) is 25.0 Å². The number of nitrogens with zero attached hydrogens (tertiary/aromatic N) is 1. The van der Waals surface area contributed by atoms with Gasteiger partial charge in [-0.1, -0.05) is 12.1 Å². The van der Waals surface area contributed by atoms with Crippen molar-refractivity contribution in [3.8, 4) is 0 Å². The highest BCUT2D eigenvalue weighted by atomic mass is 19.3. The molecule has 0 radical (unpaired) electrons. The molecule has 0 unspecified atom stereocenters. The van der Waals surface area contributed by atoms with Crippen LogP contribution in [0.15, 0.2) is 24.3 Å². The molecule has 1 aliphatic rings. The average Bonchev–Trinajstić information content (AvgIpc) is 2.39. The number of hydrogen-bond donors (Lipinski definition) is 1. The molecule has 1 aliphatic heterocycles. The van der Waals surface area contributed by atoms with Crippen LogP contribution in [0.5, 0.6) is 0 Å². The second-order valence-corrected chi connectivity index (χ2v) is 4.56. The molecule has 0 bridgehead atoms. The maximum atomic E-state index is 12.6. The molecule has 1 heterocycles. The molecule has 1 aromatic carbocycles. The van der Waals surface area contributed by atoms with Crippen LogP contribution >= 0.6 is 0 Å². The van der Waals surface area contributed by atoms with Crippen LogP contribution in [0.2, 0.25) is 0 Å². The first kappa shape index (κ1) is 13.0. The van der Waals surface area contributed by atoms with Gasteiger partial charge in [0.05, 0.1) is 0 Å². The first-order valence-corrected chi connectivity index (χ1v) is 6.01. The predicted molar refractivity (Wildman–Crippen MR) is 64.5 cm³/mol. The Balaban J connectivity index is 2.11. The minimum absolute atomic E-state index is 0.116. The summed E-state index contributed by atoms with van der Waals surface area (Å²) in [5, 5.41) is 0. The molecule has 3 nitrogen and oxygen atoms in total. The summed E-state index contributed by atoms with van der Waals surface area (Å²) >= 11 is 0. The van der Waals surface area contributed by atoms with Crippen LogP contribution in [0.3, 0.4) is 0 Å². The van der Waals surface area contributed by atoms with Crippen molar-refractivity contribution in [2.24, 2.45) is 5.73 Å². The van der Waals surface area contributed by atoms with Crippen LogP contribution in [-0.4, -0.2) is 29.9 Å². The Morgan fingerprint density at radius 1 is 1.33 bits per heavy atom. The minimum Gasteiger partial charge on any atom is -0.339 e. The molecule has 1 aromatic rings. The topological polar surface area (TPSA) is 46.3 Å². The van der Waals surface area contributed by atoms with Crippen molar-refractivity contribution in [2.75, 3.05) is 13.1 Å². The summed E-state index contributed by atoms with van der Waals surface area (Å²) in [7, 11) is 0. The molecular formula is C13H16F2N2O. The smallest absolute Gasteiger partial charge is 0.263 e. The summed E-state index contributed by atoms with van der Waals surface area (Å²) in [5.74, 6) is -0.190. The van der Waals surface area contributed by atoms with E-state index in [1.54, 1.807) is 11.0 Å². The van der Waals surface area contributed by atoms with Crippen LogP contribution in [0.25, 0.3) is 0 Å². The van der Waals surface area contributed by atoms with Gasteiger partial charge in [0.1, 0.15) is 0 Å². The highest BCUT2D eigenvalue weighted by Gasteiger charge is 2.22. The standard InChI is InChI=1S/C13H16F2N2O/c14-12(15)9-2-1-3-10(8-9)13(18)17-6-4-11(16)5-7-17/h1-3,8,11-12H,4-7,16H2. The lowest BCUT2D eigenvalue weighted by Crippen LogP contribution is -2.42. The number of likely N-dealkylation sites (tertiary alicyclic amines) is 1. The Hall–Kier alpha value is -1.49. The number of alkyl halides is 2. The molecule has 98 valence electrons. The fourth-order valence-electron chi connectivity index (χ4n) is 2.09. The molecule has 1 fully saturated rings. The molecule has 1 amide bonds. The zero-order valence-electron chi connectivity index (χ0n) is 9.98. The van der Waals surface area contributed by atoms with E-state index >= 15 is 0 Å². The predicted octanol–water partition coefficient (Wildman–Crippen LogP) is 2.19. The van der Waals surface area contributed by atoms with Gasteiger partial charge in [0, 0.05) is 30.3 Å². The van der Waals surface area contributed by atoms with Gasteiger partial charge in [0.15, 0.2) is 0 Å². The van der Waals surface area contributed by atoms with E-state index in [4.69, 9.17) is 5.73 Å². The van der Waals surface area contributed by atoms with E-state index in [9.17, 15) is 13.6 Å². The third kappa shape index (κ3) is 2.85. The SMILES string of the molecule is NC1CCN(C(=O)c2cccc(C(F)F)c2)CC1. The summed E-state index contributed by atoms with van der Waals surface area (Å²) in [6.07, 6.45) is -1.02. The maximum absolute atomic E-state index is 12.6. The van der Waals surface area contributed by atoms with Crippen molar-refractivity contribution in [1.29, 1.82) is 0 Å². The van der Waals surface area contributed by atoms with E-state index in [0.717, 1.165) is 12.8 Å². The fraction of sp³-hybridized carbons (Fsp3) is 0.462. The molecule has 0 saturated carbocycles. The van der Waals surface area contributed by atoms with E-state index in [-0.39, 0.29) is 17.5 Å². The van der Waals surface area contributed by atoms with Crippen molar-refractivity contribution in [3.05, 3.63) is 35.4 Å². The van der Waals surface area contributed by atoms with Gasteiger partial charge in [0.25, 0.3) is 12.3 Å². The lowest BCUT2D eigenvalue weighted by Gasteiger charge is -2.30. The lowest BCUT2D eigenvalue weighted by molar-refractivity contribution is 0.0714. The minimum atomic E-state index is -2.55. The van der Waals surface area contributed by atoms with Crippen LogP contribution < -0.4 is 5.73 Å². The normalized spacial score (nSPS) is 17.2. The summed E-state index contributed by atoms with van der Waals surface area (Å²) in [6.45, 7) is 1.19.